The van der Waals surface area contributed by atoms with Crippen molar-refractivity contribution in [3.8, 4) is 22.2 Å². The van der Waals surface area contributed by atoms with Gasteiger partial charge in [-0.2, -0.15) is 4.98 Å². The predicted octanol–water partition coefficient (Wildman–Crippen LogP) is 4.30. The summed E-state index contributed by atoms with van der Waals surface area (Å²) in [6, 6.07) is 10.8. The zero-order valence-corrected chi connectivity index (χ0v) is 17.7. The van der Waals surface area contributed by atoms with Crippen molar-refractivity contribution in [3.05, 3.63) is 65.3 Å². The molecule has 0 fully saturated rings. The fourth-order valence-corrected chi connectivity index (χ4v) is 5.50. The van der Waals surface area contributed by atoms with Crippen LogP contribution in [-0.2, 0) is 10.0 Å². The molecule has 0 radical (unpaired) electrons. The molecular formula is C20H18N4O3S2. The van der Waals surface area contributed by atoms with Gasteiger partial charge in [0.25, 0.3) is 15.9 Å². The lowest BCUT2D eigenvalue weighted by Crippen LogP contribution is -2.26. The number of benzene rings is 1. The van der Waals surface area contributed by atoms with Crippen LogP contribution in [-0.4, -0.2) is 30.6 Å². The SMILES string of the molecule is Cc1cc(C)cc(N(C)S(=O)(=O)c2ccsc2-c2nc(-c3cccnc3)no2)c1. The first-order valence-electron chi connectivity index (χ1n) is 8.75. The zero-order chi connectivity index (χ0) is 20.6. The summed E-state index contributed by atoms with van der Waals surface area (Å²) in [6.45, 7) is 3.87. The van der Waals surface area contributed by atoms with E-state index in [0.29, 0.717) is 22.0 Å². The molecule has 0 aliphatic rings. The van der Waals surface area contributed by atoms with Crippen LogP contribution in [0, 0.1) is 13.8 Å². The maximum Gasteiger partial charge on any atom is 0.269 e. The minimum atomic E-state index is -3.81. The van der Waals surface area contributed by atoms with E-state index in [2.05, 4.69) is 15.1 Å². The van der Waals surface area contributed by atoms with E-state index >= 15 is 0 Å². The Morgan fingerprint density at radius 3 is 2.55 bits per heavy atom. The lowest BCUT2D eigenvalue weighted by molar-refractivity contribution is 0.432. The third-order valence-electron chi connectivity index (χ3n) is 4.38. The van der Waals surface area contributed by atoms with Crippen molar-refractivity contribution >= 4 is 27.0 Å². The van der Waals surface area contributed by atoms with Crippen molar-refractivity contribution in [1.29, 1.82) is 0 Å². The van der Waals surface area contributed by atoms with Crippen molar-refractivity contribution in [3.63, 3.8) is 0 Å². The molecule has 3 aromatic heterocycles. The van der Waals surface area contributed by atoms with E-state index in [1.807, 2.05) is 38.1 Å². The Morgan fingerprint density at radius 2 is 1.86 bits per heavy atom. The summed E-state index contributed by atoms with van der Waals surface area (Å²) in [4.78, 5) is 8.94. The predicted molar refractivity (Wildman–Crippen MR) is 112 cm³/mol. The van der Waals surface area contributed by atoms with Crippen molar-refractivity contribution in [2.75, 3.05) is 11.4 Å². The largest absolute Gasteiger partial charge is 0.333 e. The number of pyridine rings is 1. The van der Waals surface area contributed by atoms with E-state index in [1.54, 1.807) is 37.0 Å². The second kappa shape index (κ2) is 7.41. The van der Waals surface area contributed by atoms with Gasteiger partial charge in [-0.05, 0) is 60.7 Å². The third-order valence-corrected chi connectivity index (χ3v) is 7.24. The molecule has 0 N–H and O–H groups in total. The first kappa shape index (κ1) is 19.3. The summed E-state index contributed by atoms with van der Waals surface area (Å²) >= 11 is 1.24. The molecule has 0 atom stereocenters. The van der Waals surface area contributed by atoms with Gasteiger partial charge in [0.2, 0.25) is 5.82 Å². The third kappa shape index (κ3) is 3.66. The summed E-state index contributed by atoms with van der Waals surface area (Å²) in [5, 5.41) is 5.66. The molecule has 0 saturated carbocycles. The molecule has 148 valence electrons. The molecule has 0 aliphatic heterocycles. The highest BCUT2D eigenvalue weighted by atomic mass is 32.2. The Bertz CT molecular complexity index is 1240. The normalized spacial score (nSPS) is 11.6. The van der Waals surface area contributed by atoms with Gasteiger partial charge >= 0.3 is 0 Å². The van der Waals surface area contributed by atoms with Gasteiger partial charge in [0.05, 0.1) is 5.69 Å². The Morgan fingerprint density at radius 1 is 1.10 bits per heavy atom. The lowest BCUT2D eigenvalue weighted by atomic mass is 10.1. The molecule has 4 aromatic rings. The topological polar surface area (TPSA) is 89.2 Å². The Hall–Kier alpha value is -3.04. The highest BCUT2D eigenvalue weighted by molar-refractivity contribution is 7.93. The number of aryl methyl sites for hydroxylation is 2. The van der Waals surface area contributed by atoms with E-state index in [0.717, 1.165) is 11.1 Å². The Kier molecular flexibility index (Phi) is 4.93. The summed E-state index contributed by atoms with van der Waals surface area (Å²) in [5.41, 5.74) is 3.27. The molecule has 0 aliphatic carbocycles. The van der Waals surface area contributed by atoms with Crippen molar-refractivity contribution in [1.82, 2.24) is 15.1 Å². The molecule has 7 nitrogen and oxygen atoms in total. The van der Waals surface area contributed by atoms with Crippen LogP contribution < -0.4 is 4.31 Å². The van der Waals surface area contributed by atoms with Gasteiger partial charge in [-0.15, -0.1) is 11.3 Å². The summed E-state index contributed by atoms with van der Waals surface area (Å²) in [5.74, 6) is 0.513. The van der Waals surface area contributed by atoms with Gasteiger partial charge in [-0.3, -0.25) is 9.29 Å². The molecule has 1 aromatic carbocycles. The maximum atomic E-state index is 13.3. The average molecular weight is 427 g/mol. The number of rotatable bonds is 5. The molecule has 0 unspecified atom stereocenters. The smallest absolute Gasteiger partial charge is 0.269 e. The summed E-state index contributed by atoms with van der Waals surface area (Å²) < 4.78 is 33.3. The first-order valence-corrected chi connectivity index (χ1v) is 11.1. The number of sulfonamides is 1. The molecule has 0 saturated heterocycles. The Balaban J connectivity index is 1.73. The minimum Gasteiger partial charge on any atom is -0.333 e. The van der Waals surface area contributed by atoms with Crippen LogP contribution in [0.25, 0.3) is 22.2 Å². The van der Waals surface area contributed by atoms with Crippen LogP contribution in [0.5, 0.6) is 0 Å². The number of hydrogen-bond donors (Lipinski definition) is 0. The number of nitrogens with zero attached hydrogens (tertiary/aromatic N) is 4. The summed E-state index contributed by atoms with van der Waals surface area (Å²) in [6.07, 6.45) is 3.27. The van der Waals surface area contributed by atoms with E-state index in [4.69, 9.17) is 4.52 Å². The van der Waals surface area contributed by atoms with Gasteiger partial charge in [-0.25, -0.2) is 8.42 Å². The zero-order valence-electron chi connectivity index (χ0n) is 16.0. The van der Waals surface area contributed by atoms with Crippen molar-refractivity contribution in [2.24, 2.45) is 0 Å². The van der Waals surface area contributed by atoms with Crippen LogP contribution >= 0.6 is 11.3 Å². The number of aromatic nitrogens is 3. The van der Waals surface area contributed by atoms with Gasteiger partial charge in [0.1, 0.15) is 9.77 Å². The number of anilines is 1. The van der Waals surface area contributed by atoms with Crippen LogP contribution in [0.1, 0.15) is 11.1 Å². The van der Waals surface area contributed by atoms with Crippen molar-refractivity contribution in [2.45, 2.75) is 18.7 Å². The molecule has 29 heavy (non-hydrogen) atoms. The molecule has 0 spiro atoms. The van der Waals surface area contributed by atoms with E-state index < -0.39 is 10.0 Å². The average Bonchev–Trinajstić information content (AvgIpc) is 3.37. The van der Waals surface area contributed by atoms with Crippen LogP contribution in [0.4, 0.5) is 5.69 Å². The fraction of sp³-hybridized carbons (Fsp3) is 0.150. The Labute approximate surface area is 172 Å². The van der Waals surface area contributed by atoms with E-state index in [1.165, 1.54) is 15.6 Å². The van der Waals surface area contributed by atoms with Crippen LogP contribution in [0.3, 0.4) is 0 Å². The number of hydrogen-bond acceptors (Lipinski definition) is 7. The second-order valence-corrected chi connectivity index (χ2v) is 9.45. The van der Waals surface area contributed by atoms with E-state index in [9.17, 15) is 8.42 Å². The molecule has 0 amide bonds. The minimum absolute atomic E-state index is 0.130. The van der Waals surface area contributed by atoms with Crippen molar-refractivity contribution < 1.29 is 12.9 Å². The summed E-state index contributed by atoms with van der Waals surface area (Å²) in [7, 11) is -2.27. The van der Waals surface area contributed by atoms with E-state index in [-0.39, 0.29) is 10.8 Å². The lowest BCUT2D eigenvalue weighted by Gasteiger charge is -2.20. The molecule has 4 rings (SSSR count). The molecule has 3 heterocycles. The van der Waals surface area contributed by atoms with Gasteiger partial charge in [-0.1, -0.05) is 11.2 Å². The highest BCUT2D eigenvalue weighted by Gasteiger charge is 2.29. The number of thiophene rings is 1. The second-order valence-electron chi connectivity index (χ2n) is 6.60. The molecular weight excluding hydrogens is 408 g/mol. The maximum absolute atomic E-state index is 13.3. The first-order chi connectivity index (χ1) is 13.9. The van der Waals surface area contributed by atoms with Crippen LogP contribution in [0.2, 0.25) is 0 Å². The monoisotopic (exact) mass is 426 g/mol. The standard InChI is InChI=1S/C20H18N4O3S2/c1-13-9-14(2)11-16(10-13)24(3)29(25,26)17-6-8-28-18(17)20-22-19(23-27-20)15-5-4-7-21-12-15/h4-12H,1-3H3. The molecule has 0 bridgehead atoms. The van der Waals surface area contributed by atoms with Gasteiger partial charge in [0.15, 0.2) is 0 Å². The fourth-order valence-electron chi connectivity index (χ4n) is 3.00. The quantitative estimate of drug-likeness (QED) is 0.473. The van der Waals surface area contributed by atoms with Crippen LogP contribution in [0.15, 0.2) is 63.6 Å². The molecule has 9 heteroatoms. The van der Waals surface area contributed by atoms with Gasteiger partial charge in [0, 0.05) is 25.0 Å². The van der Waals surface area contributed by atoms with Gasteiger partial charge < -0.3 is 4.52 Å². The highest BCUT2D eigenvalue weighted by Crippen LogP contribution is 2.35.